The summed E-state index contributed by atoms with van der Waals surface area (Å²) in [5, 5.41) is 3.11. The van der Waals surface area contributed by atoms with Crippen molar-refractivity contribution in [2.24, 2.45) is 0 Å². The van der Waals surface area contributed by atoms with E-state index in [4.69, 9.17) is 0 Å². The Kier molecular flexibility index (Phi) is 4.55. The first-order chi connectivity index (χ1) is 7.54. The fourth-order valence-corrected chi connectivity index (χ4v) is 1.32. The molecule has 0 radical (unpaired) electrons. The Labute approximate surface area is 93.0 Å². The molecule has 16 heavy (non-hydrogen) atoms. The monoisotopic (exact) mass is 229 g/mol. The van der Waals surface area contributed by atoms with Crippen molar-refractivity contribution in [3.8, 4) is 0 Å². The van der Waals surface area contributed by atoms with Crippen molar-refractivity contribution in [1.82, 2.24) is 5.32 Å². The highest BCUT2D eigenvalue weighted by Gasteiger charge is 2.08. The molecule has 1 aromatic carbocycles. The number of halogens is 3. The average molecular weight is 229 g/mol. The van der Waals surface area contributed by atoms with Gasteiger partial charge in [0.25, 0.3) is 0 Å². The van der Waals surface area contributed by atoms with Crippen molar-refractivity contribution >= 4 is 6.08 Å². The van der Waals surface area contributed by atoms with E-state index in [1.54, 1.807) is 12.2 Å². The molecule has 1 rings (SSSR count). The number of hydrogen-bond acceptors (Lipinski definition) is 1. The van der Waals surface area contributed by atoms with Crippen LogP contribution in [0.5, 0.6) is 0 Å². The van der Waals surface area contributed by atoms with Gasteiger partial charge >= 0.3 is 0 Å². The van der Waals surface area contributed by atoms with E-state index in [-0.39, 0.29) is 6.04 Å². The zero-order valence-corrected chi connectivity index (χ0v) is 9.23. The molecule has 1 N–H and O–H groups in total. The van der Waals surface area contributed by atoms with E-state index in [0.29, 0.717) is 5.56 Å². The molecule has 1 atom stereocenters. The minimum Gasteiger partial charge on any atom is -0.311 e. The van der Waals surface area contributed by atoms with Gasteiger partial charge in [-0.05, 0) is 31.2 Å². The molecule has 1 nitrogen and oxygen atoms in total. The van der Waals surface area contributed by atoms with E-state index in [9.17, 15) is 13.2 Å². The Hall–Kier alpha value is -1.29. The van der Waals surface area contributed by atoms with E-state index < -0.39 is 17.5 Å². The van der Waals surface area contributed by atoms with Crippen LogP contribution in [0, 0.1) is 17.5 Å². The minimum absolute atomic E-state index is 0.0983. The van der Waals surface area contributed by atoms with E-state index in [0.717, 1.165) is 18.7 Å². The van der Waals surface area contributed by atoms with Gasteiger partial charge in [-0.2, -0.15) is 0 Å². The molecule has 0 amide bonds. The molecule has 0 saturated heterocycles. The van der Waals surface area contributed by atoms with Gasteiger partial charge in [0.15, 0.2) is 17.5 Å². The highest BCUT2D eigenvalue weighted by atomic mass is 19.2. The zero-order valence-electron chi connectivity index (χ0n) is 9.23. The topological polar surface area (TPSA) is 12.0 Å². The third-order valence-corrected chi connectivity index (χ3v) is 2.11. The zero-order chi connectivity index (χ0) is 12.1. The minimum atomic E-state index is -1.43. The second kappa shape index (κ2) is 5.70. The highest BCUT2D eigenvalue weighted by molar-refractivity contribution is 5.50. The molecule has 1 unspecified atom stereocenters. The first kappa shape index (κ1) is 12.8. The van der Waals surface area contributed by atoms with Crippen molar-refractivity contribution in [2.45, 2.75) is 19.9 Å². The Bertz CT molecular complexity index is 365. The summed E-state index contributed by atoms with van der Waals surface area (Å²) in [6, 6.07) is 2.03. The van der Waals surface area contributed by atoms with Crippen LogP contribution in [0.3, 0.4) is 0 Å². The second-order valence-electron chi connectivity index (χ2n) is 3.50. The van der Waals surface area contributed by atoms with Crippen molar-refractivity contribution in [3.05, 3.63) is 41.2 Å². The molecule has 0 aliphatic rings. The van der Waals surface area contributed by atoms with Gasteiger partial charge in [0, 0.05) is 6.04 Å². The van der Waals surface area contributed by atoms with Gasteiger partial charge in [-0.1, -0.05) is 19.1 Å². The Morgan fingerprint density at radius 3 is 2.31 bits per heavy atom. The van der Waals surface area contributed by atoms with Gasteiger partial charge in [0.2, 0.25) is 0 Å². The summed E-state index contributed by atoms with van der Waals surface area (Å²) >= 11 is 0. The molecule has 0 bridgehead atoms. The summed E-state index contributed by atoms with van der Waals surface area (Å²) in [4.78, 5) is 0. The van der Waals surface area contributed by atoms with Crippen molar-refractivity contribution in [1.29, 1.82) is 0 Å². The smallest absolute Gasteiger partial charge is 0.194 e. The molecule has 0 aliphatic heterocycles. The Morgan fingerprint density at radius 1 is 1.25 bits per heavy atom. The first-order valence-electron chi connectivity index (χ1n) is 5.10. The molecular weight excluding hydrogens is 215 g/mol. The van der Waals surface area contributed by atoms with Crippen LogP contribution in [0.1, 0.15) is 19.4 Å². The van der Waals surface area contributed by atoms with Gasteiger partial charge in [0.05, 0.1) is 0 Å². The molecule has 0 fully saturated rings. The van der Waals surface area contributed by atoms with Crippen LogP contribution < -0.4 is 5.32 Å². The normalized spacial score (nSPS) is 13.3. The number of nitrogens with one attached hydrogen (secondary N) is 1. The second-order valence-corrected chi connectivity index (χ2v) is 3.50. The molecule has 4 heteroatoms. The fraction of sp³-hybridized carbons (Fsp3) is 0.333. The highest BCUT2D eigenvalue weighted by Crippen LogP contribution is 2.14. The summed E-state index contributed by atoms with van der Waals surface area (Å²) in [5.41, 5.74) is 0.307. The third kappa shape index (κ3) is 3.38. The molecule has 0 aromatic heterocycles. The molecule has 0 spiro atoms. The fourth-order valence-electron chi connectivity index (χ4n) is 1.32. The predicted octanol–water partition coefficient (Wildman–Crippen LogP) is 3.12. The molecule has 88 valence electrons. The average Bonchev–Trinajstić information content (AvgIpc) is 2.23. The van der Waals surface area contributed by atoms with E-state index in [2.05, 4.69) is 5.32 Å². The number of benzene rings is 1. The Balaban J connectivity index is 2.82. The van der Waals surface area contributed by atoms with Crippen LogP contribution in [-0.4, -0.2) is 12.6 Å². The Morgan fingerprint density at radius 2 is 1.81 bits per heavy atom. The lowest BCUT2D eigenvalue weighted by atomic mass is 10.1. The molecule has 0 heterocycles. The largest absolute Gasteiger partial charge is 0.311 e. The SMILES string of the molecule is CCNC(C)/C=C/c1cc(F)c(F)c(F)c1. The van der Waals surface area contributed by atoms with Gasteiger partial charge in [-0.15, -0.1) is 0 Å². The summed E-state index contributed by atoms with van der Waals surface area (Å²) in [7, 11) is 0. The summed E-state index contributed by atoms with van der Waals surface area (Å²) < 4.78 is 38.3. The van der Waals surface area contributed by atoms with Gasteiger partial charge in [0.1, 0.15) is 0 Å². The molecule has 0 saturated carbocycles. The van der Waals surface area contributed by atoms with Crippen LogP contribution in [0.2, 0.25) is 0 Å². The van der Waals surface area contributed by atoms with Crippen molar-refractivity contribution in [3.63, 3.8) is 0 Å². The summed E-state index contributed by atoms with van der Waals surface area (Å²) in [5.74, 6) is -3.77. The quantitative estimate of drug-likeness (QED) is 0.782. The lowest BCUT2D eigenvalue weighted by molar-refractivity contribution is 0.447. The lowest BCUT2D eigenvalue weighted by Gasteiger charge is -2.05. The maximum atomic E-state index is 12.8. The predicted molar refractivity (Wildman–Crippen MR) is 58.5 cm³/mol. The van der Waals surface area contributed by atoms with Crippen LogP contribution >= 0.6 is 0 Å². The lowest BCUT2D eigenvalue weighted by Crippen LogP contribution is -2.22. The van der Waals surface area contributed by atoms with Crippen LogP contribution in [-0.2, 0) is 0 Å². The maximum absolute atomic E-state index is 12.8. The summed E-state index contributed by atoms with van der Waals surface area (Å²) in [6.07, 6.45) is 3.31. The number of likely N-dealkylation sites (N-methyl/N-ethyl adjacent to an activating group) is 1. The number of hydrogen-bond donors (Lipinski definition) is 1. The van der Waals surface area contributed by atoms with Crippen LogP contribution in [0.15, 0.2) is 18.2 Å². The third-order valence-electron chi connectivity index (χ3n) is 2.11. The van der Waals surface area contributed by atoms with Crippen LogP contribution in [0.25, 0.3) is 6.08 Å². The van der Waals surface area contributed by atoms with Crippen molar-refractivity contribution < 1.29 is 13.2 Å². The van der Waals surface area contributed by atoms with Gasteiger partial charge < -0.3 is 5.32 Å². The standard InChI is InChI=1S/C12H14F3N/c1-3-16-8(2)4-5-9-6-10(13)12(15)11(14)7-9/h4-8,16H,3H2,1-2H3/b5-4+. The van der Waals surface area contributed by atoms with Crippen molar-refractivity contribution in [2.75, 3.05) is 6.54 Å². The number of rotatable bonds is 4. The maximum Gasteiger partial charge on any atom is 0.194 e. The van der Waals surface area contributed by atoms with Gasteiger partial charge in [-0.25, -0.2) is 13.2 Å². The van der Waals surface area contributed by atoms with Gasteiger partial charge in [-0.3, -0.25) is 0 Å². The first-order valence-corrected chi connectivity index (χ1v) is 5.10. The summed E-state index contributed by atoms with van der Waals surface area (Å²) in [6.45, 7) is 4.68. The molecule has 0 aliphatic carbocycles. The molecule has 1 aromatic rings. The van der Waals surface area contributed by atoms with Crippen LogP contribution in [0.4, 0.5) is 13.2 Å². The van der Waals surface area contributed by atoms with E-state index >= 15 is 0 Å². The van der Waals surface area contributed by atoms with E-state index in [1.165, 1.54) is 0 Å². The molecular formula is C12H14F3N. The van der Waals surface area contributed by atoms with E-state index in [1.807, 2.05) is 13.8 Å².